The van der Waals surface area contributed by atoms with Gasteiger partial charge in [-0.3, -0.25) is 4.79 Å². The molecular weight excluding hydrogens is 282 g/mol. The van der Waals surface area contributed by atoms with Crippen LogP contribution in [0, 0.1) is 0 Å². The van der Waals surface area contributed by atoms with E-state index in [2.05, 4.69) is 21.0 Å². The molecule has 0 aliphatic heterocycles. The Hall–Kier alpha value is -1.46. The van der Waals surface area contributed by atoms with Crippen molar-refractivity contribution < 1.29 is 0 Å². The molecule has 0 saturated carbocycles. The van der Waals surface area contributed by atoms with Crippen LogP contribution in [0.1, 0.15) is 0 Å². The minimum absolute atomic E-state index is 0.130. The molecule has 0 bridgehead atoms. The summed E-state index contributed by atoms with van der Waals surface area (Å²) in [6.07, 6.45) is 0. The Balaban J connectivity index is 2.46. The summed E-state index contributed by atoms with van der Waals surface area (Å²) in [6, 6.07) is 11.0. The number of aromatic nitrogens is 2. The average molecular weight is 294 g/mol. The third-order valence-electron chi connectivity index (χ3n) is 2.33. The third-order valence-corrected chi connectivity index (χ3v) is 2.82. The van der Waals surface area contributed by atoms with Gasteiger partial charge in [-0.15, -0.1) is 0 Å². The molecule has 0 atom stereocenters. The van der Waals surface area contributed by atoms with E-state index >= 15 is 0 Å². The highest BCUT2D eigenvalue weighted by Crippen LogP contribution is 2.19. The molecule has 88 valence electrons. The summed E-state index contributed by atoms with van der Waals surface area (Å²) in [5.74, 6) is 0. The van der Waals surface area contributed by atoms with Crippen LogP contribution in [0.2, 0.25) is 0 Å². The molecule has 0 aliphatic carbocycles. The van der Waals surface area contributed by atoms with Crippen LogP contribution >= 0.6 is 15.9 Å². The Labute approximate surface area is 107 Å². The van der Waals surface area contributed by atoms with Crippen LogP contribution in [0.3, 0.4) is 0 Å². The zero-order chi connectivity index (χ0) is 12.3. The van der Waals surface area contributed by atoms with Gasteiger partial charge in [-0.25, -0.2) is 4.68 Å². The maximum absolute atomic E-state index is 11.5. The lowest BCUT2D eigenvalue weighted by Crippen LogP contribution is -2.25. The van der Waals surface area contributed by atoms with Gasteiger partial charge in [0.15, 0.2) is 0 Å². The molecule has 5 heteroatoms. The molecule has 0 unspecified atom stereocenters. The zero-order valence-electron chi connectivity index (χ0n) is 9.14. The molecule has 2 rings (SSSR count). The fourth-order valence-corrected chi connectivity index (χ4v) is 1.93. The van der Waals surface area contributed by atoms with Gasteiger partial charge in [0.25, 0.3) is 5.56 Å². The number of halogens is 1. The summed E-state index contributed by atoms with van der Waals surface area (Å²) in [6.45, 7) is 0.829. The maximum atomic E-state index is 11.5. The van der Waals surface area contributed by atoms with Crippen molar-refractivity contribution in [2.45, 2.75) is 6.54 Å². The van der Waals surface area contributed by atoms with Gasteiger partial charge in [-0.2, -0.15) is 5.10 Å². The summed E-state index contributed by atoms with van der Waals surface area (Å²) in [7, 11) is 0. The number of nitrogens with two attached hydrogens (primary N) is 1. The van der Waals surface area contributed by atoms with E-state index in [0.29, 0.717) is 13.1 Å². The van der Waals surface area contributed by atoms with Crippen LogP contribution in [-0.4, -0.2) is 16.3 Å². The van der Waals surface area contributed by atoms with Gasteiger partial charge in [-0.1, -0.05) is 28.1 Å². The molecular formula is C12H12BrN3O. The maximum Gasteiger partial charge on any atom is 0.266 e. The van der Waals surface area contributed by atoms with E-state index in [1.807, 2.05) is 24.3 Å². The molecule has 0 fully saturated rings. The topological polar surface area (TPSA) is 60.9 Å². The van der Waals surface area contributed by atoms with Crippen molar-refractivity contribution >= 4 is 15.9 Å². The second kappa shape index (κ2) is 5.25. The van der Waals surface area contributed by atoms with E-state index in [0.717, 1.165) is 15.7 Å². The third kappa shape index (κ3) is 2.81. The van der Waals surface area contributed by atoms with E-state index in [1.165, 1.54) is 10.7 Å². The van der Waals surface area contributed by atoms with Gasteiger partial charge in [0.1, 0.15) is 0 Å². The van der Waals surface area contributed by atoms with Gasteiger partial charge >= 0.3 is 0 Å². The highest BCUT2D eigenvalue weighted by molar-refractivity contribution is 9.10. The number of rotatable bonds is 3. The molecule has 1 aromatic heterocycles. The number of hydrogen-bond acceptors (Lipinski definition) is 3. The van der Waals surface area contributed by atoms with Gasteiger partial charge in [0.2, 0.25) is 0 Å². The summed E-state index contributed by atoms with van der Waals surface area (Å²) in [5, 5.41) is 4.28. The second-order valence-corrected chi connectivity index (χ2v) is 4.49. The molecule has 1 aromatic carbocycles. The molecule has 0 radical (unpaired) electrons. The van der Waals surface area contributed by atoms with Crippen molar-refractivity contribution in [3.8, 4) is 11.3 Å². The van der Waals surface area contributed by atoms with Crippen LogP contribution in [0.15, 0.2) is 45.7 Å². The Kier molecular flexibility index (Phi) is 3.71. The highest BCUT2D eigenvalue weighted by Gasteiger charge is 2.03. The van der Waals surface area contributed by atoms with E-state index in [4.69, 9.17) is 5.73 Å². The normalized spacial score (nSPS) is 10.5. The number of nitrogens with zero attached hydrogens (tertiary/aromatic N) is 2. The van der Waals surface area contributed by atoms with Crippen molar-refractivity contribution in [2.75, 3.05) is 6.54 Å². The van der Waals surface area contributed by atoms with Gasteiger partial charge in [0, 0.05) is 22.6 Å². The Morgan fingerprint density at radius 1 is 1.29 bits per heavy atom. The van der Waals surface area contributed by atoms with Crippen LogP contribution in [0.25, 0.3) is 11.3 Å². The molecule has 0 spiro atoms. The summed E-state index contributed by atoms with van der Waals surface area (Å²) in [5.41, 5.74) is 7.03. The smallest absolute Gasteiger partial charge is 0.266 e. The van der Waals surface area contributed by atoms with Crippen molar-refractivity contribution in [3.05, 3.63) is 51.2 Å². The summed E-state index contributed by atoms with van der Waals surface area (Å²) in [4.78, 5) is 11.5. The van der Waals surface area contributed by atoms with Crippen molar-refractivity contribution in [2.24, 2.45) is 5.73 Å². The van der Waals surface area contributed by atoms with Gasteiger partial charge < -0.3 is 5.73 Å². The van der Waals surface area contributed by atoms with Crippen LogP contribution < -0.4 is 11.3 Å². The molecule has 2 N–H and O–H groups in total. The second-order valence-electron chi connectivity index (χ2n) is 3.58. The van der Waals surface area contributed by atoms with Crippen molar-refractivity contribution in [3.63, 3.8) is 0 Å². The Bertz CT molecular complexity index is 580. The fraction of sp³-hybridized carbons (Fsp3) is 0.167. The largest absolute Gasteiger partial charge is 0.329 e. The van der Waals surface area contributed by atoms with Crippen LogP contribution in [-0.2, 0) is 6.54 Å². The molecule has 0 aliphatic rings. The molecule has 2 aromatic rings. The lowest BCUT2D eigenvalue weighted by atomic mass is 10.1. The first-order valence-corrected chi connectivity index (χ1v) is 6.04. The predicted molar refractivity (Wildman–Crippen MR) is 70.7 cm³/mol. The quantitative estimate of drug-likeness (QED) is 0.936. The summed E-state index contributed by atoms with van der Waals surface area (Å²) < 4.78 is 2.37. The van der Waals surface area contributed by atoms with Crippen molar-refractivity contribution in [1.82, 2.24) is 9.78 Å². The Morgan fingerprint density at radius 2 is 2.12 bits per heavy atom. The zero-order valence-corrected chi connectivity index (χ0v) is 10.7. The number of benzene rings is 1. The van der Waals surface area contributed by atoms with E-state index < -0.39 is 0 Å². The molecule has 0 saturated heterocycles. The number of hydrogen-bond donors (Lipinski definition) is 1. The van der Waals surface area contributed by atoms with Gasteiger partial charge in [-0.05, 0) is 18.2 Å². The van der Waals surface area contributed by atoms with E-state index in [9.17, 15) is 4.79 Å². The van der Waals surface area contributed by atoms with Crippen LogP contribution in [0.5, 0.6) is 0 Å². The first kappa shape index (κ1) is 12.0. The lowest BCUT2D eigenvalue weighted by Gasteiger charge is -2.06. The first-order chi connectivity index (χ1) is 8.20. The van der Waals surface area contributed by atoms with Crippen LogP contribution in [0.4, 0.5) is 0 Å². The van der Waals surface area contributed by atoms with E-state index in [1.54, 1.807) is 6.07 Å². The standard InChI is InChI=1S/C12H12BrN3O/c13-10-3-1-2-9(8-10)11-4-5-12(17)16(15-11)7-6-14/h1-5,8H,6-7,14H2. The molecule has 1 heterocycles. The SMILES string of the molecule is NCCn1nc(-c2cccc(Br)c2)ccc1=O. The Morgan fingerprint density at radius 3 is 2.82 bits per heavy atom. The molecule has 0 amide bonds. The summed E-state index contributed by atoms with van der Waals surface area (Å²) >= 11 is 3.41. The lowest BCUT2D eigenvalue weighted by molar-refractivity contribution is 0.590. The minimum Gasteiger partial charge on any atom is -0.329 e. The highest BCUT2D eigenvalue weighted by atomic mass is 79.9. The first-order valence-electron chi connectivity index (χ1n) is 5.25. The predicted octanol–water partition coefficient (Wildman–Crippen LogP) is 1.63. The monoisotopic (exact) mass is 293 g/mol. The fourth-order valence-electron chi connectivity index (χ4n) is 1.53. The van der Waals surface area contributed by atoms with Gasteiger partial charge in [0.05, 0.1) is 12.2 Å². The molecule has 4 nitrogen and oxygen atoms in total. The minimum atomic E-state index is -0.130. The van der Waals surface area contributed by atoms with Crippen molar-refractivity contribution in [1.29, 1.82) is 0 Å². The van der Waals surface area contributed by atoms with E-state index in [-0.39, 0.29) is 5.56 Å². The molecule has 17 heavy (non-hydrogen) atoms. The average Bonchev–Trinajstić information content (AvgIpc) is 2.32.